The van der Waals surface area contributed by atoms with Crippen molar-refractivity contribution in [1.29, 1.82) is 0 Å². The summed E-state index contributed by atoms with van der Waals surface area (Å²) in [5.74, 6) is 0.315. The highest BCUT2D eigenvalue weighted by Gasteiger charge is 2.23. The van der Waals surface area contributed by atoms with Gasteiger partial charge in [0, 0.05) is 19.5 Å². The van der Waals surface area contributed by atoms with Gasteiger partial charge in [0.15, 0.2) is 0 Å². The summed E-state index contributed by atoms with van der Waals surface area (Å²) in [4.78, 5) is 14.1. The van der Waals surface area contributed by atoms with Crippen LogP contribution in [0, 0.1) is 13.8 Å². The first kappa shape index (κ1) is 16.0. The number of hydrogen-bond acceptors (Lipinski definition) is 2. The quantitative estimate of drug-likeness (QED) is 0.870. The van der Waals surface area contributed by atoms with Crippen LogP contribution in [0.2, 0.25) is 0 Å². The molecule has 21 heavy (non-hydrogen) atoms. The number of carbonyl (C=O) groups excluding carboxylic acids is 1. The Kier molecular flexibility index (Phi) is 5.80. The summed E-state index contributed by atoms with van der Waals surface area (Å²) in [6, 6.07) is 6.84. The molecule has 0 aliphatic carbocycles. The molecular formula is C18H28N2O. The van der Waals surface area contributed by atoms with Crippen molar-refractivity contribution in [3.8, 4) is 0 Å². The average Bonchev–Trinajstić information content (AvgIpc) is 2.48. The number of carbonyl (C=O) groups is 1. The molecule has 1 unspecified atom stereocenters. The first-order valence-corrected chi connectivity index (χ1v) is 8.20. The van der Waals surface area contributed by atoms with Crippen LogP contribution in [0.3, 0.4) is 0 Å². The number of likely N-dealkylation sites (tertiary alicyclic amines) is 1. The van der Waals surface area contributed by atoms with Crippen LogP contribution in [0.5, 0.6) is 0 Å². The number of rotatable bonds is 6. The smallest absolute Gasteiger partial charge is 0.222 e. The van der Waals surface area contributed by atoms with Crippen molar-refractivity contribution >= 4 is 5.91 Å². The van der Waals surface area contributed by atoms with Crippen LogP contribution in [0.25, 0.3) is 0 Å². The fraction of sp³-hybridized carbons (Fsp3) is 0.611. The molecule has 1 aromatic carbocycles. The van der Waals surface area contributed by atoms with Crippen LogP contribution in [0.15, 0.2) is 18.2 Å². The number of piperidine rings is 1. The molecule has 1 heterocycles. The van der Waals surface area contributed by atoms with Crippen LogP contribution in [-0.2, 0) is 4.79 Å². The number of benzene rings is 1. The van der Waals surface area contributed by atoms with Gasteiger partial charge in [0.2, 0.25) is 5.91 Å². The van der Waals surface area contributed by atoms with E-state index in [0.717, 1.165) is 38.9 Å². The van der Waals surface area contributed by atoms with Gasteiger partial charge in [-0.3, -0.25) is 4.79 Å². The van der Waals surface area contributed by atoms with Gasteiger partial charge in [-0.05, 0) is 50.8 Å². The summed E-state index contributed by atoms with van der Waals surface area (Å²) in [7, 11) is 0. The second-order valence-electron chi connectivity index (χ2n) is 6.16. The standard InChI is InChI=1S/C18H28N2O/c1-4-10-19-17(13-20-11-6-5-7-18(20)21)16-12-14(2)8-9-15(16)3/h8-9,12,17,19H,4-7,10-11,13H2,1-3H3. The number of amides is 1. The molecule has 1 N–H and O–H groups in total. The van der Waals surface area contributed by atoms with E-state index < -0.39 is 0 Å². The van der Waals surface area contributed by atoms with E-state index in [4.69, 9.17) is 0 Å². The maximum atomic E-state index is 12.1. The molecule has 3 nitrogen and oxygen atoms in total. The van der Waals surface area contributed by atoms with Crippen molar-refractivity contribution in [3.05, 3.63) is 34.9 Å². The molecule has 0 bridgehead atoms. The zero-order valence-corrected chi connectivity index (χ0v) is 13.6. The maximum Gasteiger partial charge on any atom is 0.222 e. The lowest BCUT2D eigenvalue weighted by atomic mass is 9.97. The molecule has 0 aromatic heterocycles. The molecule has 1 aliphatic rings. The number of nitrogens with one attached hydrogen (secondary N) is 1. The molecule has 1 aromatic rings. The minimum Gasteiger partial charge on any atom is -0.341 e. The lowest BCUT2D eigenvalue weighted by Gasteiger charge is -2.32. The Labute approximate surface area is 128 Å². The van der Waals surface area contributed by atoms with E-state index in [1.54, 1.807) is 0 Å². The predicted molar refractivity (Wildman–Crippen MR) is 87.4 cm³/mol. The summed E-state index contributed by atoms with van der Waals surface area (Å²) in [6.45, 7) is 9.16. The third-order valence-corrected chi connectivity index (χ3v) is 4.28. The van der Waals surface area contributed by atoms with E-state index in [1.807, 2.05) is 4.90 Å². The van der Waals surface area contributed by atoms with Gasteiger partial charge >= 0.3 is 0 Å². The van der Waals surface area contributed by atoms with Gasteiger partial charge in [0.1, 0.15) is 0 Å². The normalized spacial score (nSPS) is 17.1. The predicted octanol–water partition coefficient (Wildman–Crippen LogP) is 3.36. The Hall–Kier alpha value is -1.35. The van der Waals surface area contributed by atoms with Gasteiger partial charge in [0.25, 0.3) is 0 Å². The summed E-state index contributed by atoms with van der Waals surface area (Å²) in [5.41, 5.74) is 3.92. The van der Waals surface area contributed by atoms with Crippen LogP contribution in [0.1, 0.15) is 55.3 Å². The second-order valence-corrected chi connectivity index (χ2v) is 6.16. The first-order valence-electron chi connectivity index (χ1n) is 8.20. The number of aryl methyl sites for hydroxylation is 2. The maximum absolute atomic E-state index is 12.1. The largest absolute Gasteiger partial charge is 0.341 e. The van der Waals surface area contributed by atoms with E-state index >= 15 is 0 Å². The monoisotopic (exact) mass is 288 g/mol. The minimum atomic E-state index is 0.242. The summed E-state index contributed by atoms with van der Waals surface area (Å²) < 4.78 is 0. The zero-order valence-electron chi connectivity index (χ0n) is 13.6. The van der Waals surface area contributed by atoms with Gasteiger partial charge in [-0.1, -0.05) is 30.7 Å². The molecule has 1 atom stereocenters. The Balaban J connectivity index is 2.16. The fourth-order valence-corrected chi connectivity index (χ4v) is 3.00. The van der Waals surface area contributed by atoms with E-state index in [9.17, 15) is 4.79 Å². The highest BCUT2D eigenvalue weighted by Crippen LogP contribution is 2.22. The van der Waals surface area contributed by atoms with Crippen LogP contribution >= 0.6 is 0 Å². The van der Waals surface area contributed by atoms with E-state index in [0.29, 0.717) is 12.3 Å². The second kappa shape index (κ2) is 7.60. The highest BCUT2D eigenvalue weighted by atomic mass is 16.2. The molecule has 116 valence electrons. The van der Waals surface area contributed by atoms with E-state index in [1.165, 1.54) is 16.7 Å². The zero-order chi connectivity index (χ0) is 15.2. The van der Waals surface area contributed by atoms with Crippen molar-refractivity contribution < 1.29 is 4.79 Å². The van der Waals surface area contributed by atoms with Crippen molar-refractivity contribution in [2.75, 3.05) is 19.6 Å². The number of nitrogens with zero attached hydrogens (tertiary/aromatic N) is 1. The molecule has 2 rings (SSSR count). The van der Waals surface area contributed by atoms with Crippen LogP contribution in [0.4, 0.5) is 0 Å². The molecule has 0 radical (unpaired) electrons. The molecule has 0 saturated carbocycles. The van der Waals surface area contributed by atoms with Crippen molar-refractivity contribution in [2.24, 2.45) is 0 Å². The third kappa shape index (κ3) is 4.31. The van der Waals surface area contributed by atoms with E-state index in [-0.39, 0.29) is 6.04 Å². The first-order chi connectivity index (χ1) is 10.1. The Bertz CT molecular complexity index is 484. The van der Waals surface area contributed by atoms with Gasteiger partial charge in [0.05, 0.1) is 6.04 Å². The van der Waals surface area contributed by atoms with Crippen LogP contribution in [-0.4, -0.2) is 30.4 Å². The van der Waals surface area contributed by atoms with Crippen molar-refractivity contribution in [1.82, 2.24) is 10.2 Å². The summed E-state index contributed by atoms with van der Waals surface area (Å²) in [5, 5.41) is 3.63. The van der Waals surface area contributed by atoms with E-state index in [2.05, 4.69) is 44.3 Å². The van der Waals surface area contributed by atoms with Crippen molar-refractivity contribution in [2.45, 2.75) is 52.5 Å². The Morgan fingerprint density at radius 2 is 2.10 bits per heavy atom. The Morgan fingerprint density at radius 1 is 1.29 bits per heavy atom. The molecule has 1 amide bonds. The lowest BCUT2D eigenvalue weighted by molar-refractivity contribution is -0.133. The molecule has 0 spiro atoms. The SMILES string of the molecule is CCCNC(CN1CCCCC1=O)c1cc(C)ccc1C. The topological polar surface area (TPSA) is 32.3 Å². The molecule has 3 heteroatoms. The molecular weight excluding hydrogens is 260 g/mol. The number of hydrogen-bond donors (Lipinski definition) is 1. The molecule has 1 aliphatic heterocycles. The van der Waals surface area contributed by atoms with Crippen molar-refractivity contribution in [3.63, 3.8) is 0 Å². The third-order valence-electron chi connectivity index (χ3n) is 4.28. The molecule has 1 saturated heterocycles. The van der Waals surface area contributed by atoms with Gasteiger partial charge in [-0.25, -0.2) is 0 Å². The van der Waals surface area contributed by atoms with Gasteiger partial charge in [-0.15, -0.1) is 0 Å². The van der Waals surface area contributed by atoms with Crippen LogP contribution < -0.4 is 5.32 Å². The minimum absolute atomic E-state index is 0.242. The highest BCUT2D eigenvalue weighted by molar-refractivity contribution is 5.76. The Morgan fingerprint density at radius 3 is 2.81 bits per heavy atom. The summed E-state index contributed by atoms with van der Waals surface area (Å²) in [6.07, 6.45) is 4.01. The lowest BCUT2D eigenvalue weighted by Crippen LogP contribution is -2.42. The van der Waals surface area contributed by atoms with Gasteiger partial charge < -0.3 is 10.2 Å². The average molecular weight is 288 g/mol. The fourth-order valence-electron chi connectivity index (χ4n) is 3.00. The summed E-state index contributed by atoms with van der Waals surface area (Å²) >= 11 is 0. The van der Waals surface area contributed by atoms with Gasteiger partial charge in [-0.2, -0.15) is 0 Å². The molecule has 1 fully saturated rings.